The molecule has 0 spiro atoms. The van der Waals surface area contributed by atoms with Crippen LogP contribution in [0.1, 0.15) is 57.8 Å². The molecule has 1 aliphatic carbocycles. The highest BCUT2D eigenvalue weighted by Gasteiger charge is 2.40. The first kappa shape index (κ1) is 26.0. The van der Waals surface area contributed by atoms with E-state index in [1.807, 2.05) is 25.1 Å². The molecule has 0 unspecified atom stereocenters. The van der Waals surface area contributed by atoms with Gasteiger partial charge in [0.05, 0.1) is 12.5 Å². The summed E-state index contributed by atoms with van der Waals surface area (Å²) in [7, 11) is 0. The summed E-state index contributed by atoms with van der Waals surface area (Å²) in [5.74, 6) is -0.486. The summed E-state index contributed by atoms with van der Waals surface area (Å²) < 4.78 is 5.07. The third-order valence-electron chi connectivity index (χ3n) is 6.25. The van der Waals surface area contributed by atoms with E-state index in [1.54, 1.807) is 6.07 Å². The number of aliphatic hydroxyl groups excluding tert-OH is 1. The minimum absolute atomic E-state index is 0.00133. The smallest absolute Gasteiger partial charge is 0.348 e. The average Bonchev–Trinajstić information content (AvgIpc) is 3.30. The number of esters is 1. The number of thiophene rings is 1. The van der Waals surface area contributed by atoms with Crippen LogP contribution in [0.5, 0.6) is 0 Å². The number of hydrogen-bond acceptors (Lipinski definition) is 5. The molecule has 1 saturated carbocycles. The first-order chi connectivity index (χ1) is 15.7. The standard InChI is InChI=1S/C25H31Cl2NO4S/c1-15-11-16(13-17(26)12-15)5-7-20-19(21(27)14-22(20)29)4-2-3-18-6-8-23(33-18)25(31)32-10-9-24(28)30/h6,8,11-13,19-22,29H,2-5,7,9-10,14H2,1H3,(H2,28,30)/t19-,20-,21-,22-/m1/s1. The van der Waals surface area contributed by atoms with Gasteiger partial charge >= 0.3 is 5.97 Å². The van der Waals surface area contributed by atoms with Gasteiger partial charge in [0, 0.05) is 15.3 Å². The van der Waals surface area contributed by atoms with Gasteiger partial charge in [0.15, 0.2) is 0 Å². The van der Waals surface area contributed by atoms with E-state index in [0.29, 0.717) is 11.3 Å². The fourth-order valence-electron chi connectivity index (χ4n) is 4.67. The largest absolute Gasteiger partial charge is 0.461 e. The predicted molar refractivity (Wildman–Crippen MR) is 133 cm³/mol. The van der Waals surface area contributed by atoms with Gasteiger partial charge in [-0.3, -0.25) is 4.79 Å². The molecule has 4 atom stereocenters. The fourth-order valence-corrected chi connectivity index (χ4v) is 6.43. The number of primary amides is 1. The number of hydrogen-bond donors (Lipinski definition) is 2. The lowest BCUT2D eigenvalue weighted by molar-refractivity contribution is -0.118. The Kier molecular flexibility index (Phi) is 9.62. The molecule has 1 aromatic carbocycles. The van der Waals surface area contributed by atoms with Gasteiger partial charge in [-0.25, -0.2) is 4.79 Å². The number of ether oxygens (including phenoxy) is 1. The van der Waals surface area contributed by atoms with Crippen molar-refractivity contribution in [3.63, 3.8) is 0 Å². The molecule has 8 heteroatoms. The van der Waals surface area contributed by atoms with Crippen LogP contribution in [0, 0.1) is 18.8 Å². The Morgan fingerprint density at radius 3 is 2.70 bits per heavy atom. The van der Waals surface area contributed by atoms with Crippen LogP contribution in [0.25, 0.3) is 0 Å². The van der Waals surface area contributed by atoms with Gasteiger partial charge in [0.25, 0.3) is 0 Å². The van der Waals surface area contributed by atoms with Crippen LogP contribution in [0.2, 0.25) is 5.02 Å². The quantitative estimate of drug-likeness (QED) is 0.316. The van der Waals surface area contributed by atoms with Crippen molar-refractivity contribution < 1.29 is 19.4 Å². The first-order valence-electron chi connectivity index (χ1n) is 11.3. The maximum absolute atomic E-state index is 12.1. The van der Waals surface area contributed by atoms with Crippen molar-refractivity contribution in [2.75, 3.05) is 6.61 Å². The van der Waals surface area contributed by atoms with Gasteiger partial charge in [0.2, 0.25) is 5.91 Å². The maximum atomic E-state index is 12.1. The van der Waals surface area contributed by atoms with Gasteiger partial charge in [-0.2, -0.15) is 0 Å². The topological polar surface area (TPSA) is 89.6 Å². The summed E-state index contributed by atoms with van der Waals surface area (Å²) in [6.07, 6.45) is 4.74. The van der Waals surface area contributed by atoms with Gasteiger partial charge in [-0.15, -0.1) is 22.9 Å². The molecule has 33 heavy (non-hydrogen) atoms. The fraction of sp³-hybridized carbons (Fsp3) is 0.520. The molecule has 180 valence electrons. The summed E-state index contributed by atoms with van der Waals surface area (Å²) >= 11 is 14.2. The number of nitrogens with two attached hydrogens (primary N) is 1. The van der Waals surface area contributed by atoms with Gasteiger partial charge in [-0.05, 0) is 92.7 Å². The van der Waals surface area contributed by atoms with E-state index in [4.69, 9.17) is 33.7 Å². The molecule has 0 saturated heterocycles. The van der Waals surface area contributed by atoms with Crippen LogP contribution in [-0.2, 0) is 22.4 Å². The highest BCUT2D eigenvalue weighted by molar-refractivity contribution is 7.13. The van der Waals surface area contributed by atoms with E-state index in [-0.39, 0.29) is 36.3 Å². The maximum Gasteiger partial charge on any atom is 0.348 e. The minimum atomic E-state index is -0.495. The lowest BCUT2D eigenvalue weighted by atomic mass is 9.85. The lowest BCUT2D eigenvalue weighted by Gasteiger charge is -2.23. The number of benzene rings is 1. The summed E-state index contributed by atoms with van der Waals surface area (Å²) in [6.45, 7) is 2.03. The third kappa shape index (κ3) is 7.71. The second kappa shape index (κ2) is 12.2. The molecule has 0 bridgehead atoms. The highest BCUT2D eigenvalue weighted by atomic mass is 35.5. The van der Waals surface area contributed by atoms with Crippen LogP contribution in [-0.4, -0.2) is 35.1 Å². The molecule has 0 aliphatic heterocycles. The number of halogens is 2. The van der Waals surface area contributed by atoms with E-state index >= 15 is 0 Å². The molecule has 3 N–H and O–H groups in total. The van der Waals surface area contributed by atoms with E-state index < -0.39 is 11.9 Å². The van der Waals surface area contributed by atoms with Crippen molar-refractivity contribution in [1.29, 1.82) is 0 Å². The molecule has 1 aliphatic rings. The monoisotopic (exact) mass is 511 g/mol. The summed E-state index contributed by atoms with van der Waals surface area (Å²) in [5, 5.41) is 11.3. The first-order valence-corrected chi connectivity index (χ1v) is 13.0. The number of rotatable bonds is 11. The van der Waals surface area contributed by atoms with Crippen molar-refractivity contribution in [1.82, 2.24) is 0 Å². The van der Waals surface area contributed by atoms with E-state index in [9.17, 15) is 14.7 Å². The van der Waals surface area contributed by atoms with Crippen LogP contribution in [0.15, 0.2) is 30.3 Å². The Balaban J connectivity index is 1.49. The van der Waals surface area contributed by atoms with Crippen LogP contribution < -0.4 is 5.73 Å². The Morgan fingerprint density at radius 1 is 1.18 bits per heavy atom. The number of aliphatic hydroxyl groups is 1. The number of amides is 1. The molecule has 5 nitrogen and oxygen atoms in total. The highest BCUT2D eigenvalue weighted by Crippen LogP contribution is 2.41. The van der Waals surface area contributed by atoms with E-state index in [2.05, 4.69) is 6.07 Å². The Morgan fingerprint density at radius 2 is 1.97 bits per heavy atom. The molecule has 1 fully saturated rings. The predicted octanol–water partition coefficient (Wildman–Crippen LogP) is 5.30. The molecule has 2 aromatic rings. The number of carbonyl (C=O) groups excluding carboxylic acids is 2. The van der Waals surface area contributed by atoms with Crippen LogP contribution in [0.3, 0.4) is 0 Å². The zero-order valence-corrected chi connectivity index (χ0v) is 21.1. The Bertz CT molecular complexity index is 943. The zero-order chi connectivity index (χ0) is 24.0. The molecule has 0 radical (unpaired) electrons. The van der Waals surface area contributed by atoms with Crippen LogP contribution >= 0.6 is 34.5 Å². The van der Waals surface area contributed by atoms with Gasteiger partial charge in [0.1, 0.15) is 11.5 Å². The zero-order valence-electron chi connectivity index (χ0n) is 18.8. The molecule has 1 aromatic heterocycles. The second-order valence-corrected chi connectivity index (χ2v) is 11.0. The SMILES string of the molecule is Cc1cc(Cl)cc(CC[C@@H]2[C@@H](CCCc3ccc(C(=O)OCCC(N)=O)s3)[C@H](Cl)C[C@H]2O)c1. The third-order valence-corrected chi connectivity index (χ3v) is 8.09. The molecule has 1 heterocycles. The van der Waals surface area contributed by atoms with Crippen molar-refractivity contribution >= 4 is 46.4 Å². The van der Waals surface area contributed by atoms with E-state index in [1.165, 1.54) is 16.9 Å². The van der Waals surface area contributed by atoms with Crippen molar-refractivity contribution in [3.8, 4) is 0 Å². The average molecular weight is 512 g/mol. The van der Waals surface area contributed by atoms with Crippen molar-refractivity contribution in [2.45, 2.75) is 63.4 Å². The minimum Gasteiger partial charge on any atom is -0.461 e. The molecule has 3 rings (SSSR count). The van der Waals surface area contributed by atoms with Crippen molar-refractivity contribution in [3.05, 3.63) is 56.2 Å². The Hall–Kier alpha value is -1.60. The summed E-state index contributed by atoms with van der Waals surface area (Å²) in [6, 6.07) is 9.79. The molecular weight excluding hydrogens is 481 g/mol. The normalized spacial score (nSPS) is 22.4. The number of aryl methyl sites for hydroxylation is 3. The number of carbonyl (C=O) groups is 2. The number of alkyl halides is 1. The lowest BCUT2D eigenvalue weighted by Crippen LogP contribution is -2.21. The molecule has 1 amide bonds. The van der Waals surface area contributed by atoms with Crippen LogP contribution in [0.4, 0.5) is 0 Å². The van der Waals surface area contributed by atoms with E-state index in [0.717, 1.165) is 47.6 Å². The second-order valence-electron chi connectivity index (χ2n) is 8.83. The summed E-state index contributed by atoms with van der Waals surface area (Å²) in [5.41, 5.74) is 7.39. The Labute approximate surface area is 209 Å². The van der Waals surface area contributed by atoms with Crippen molar-refractivity contribution in [2.24, 2.45) is 17.6 Å². The van der Waals surface area contributed by atoms with Gasteiger partial charge in [-0.1, -0.05) is 17.7 Å². The summed E-state index contributed by atoms with van der Waals surface area (Å²) in [4.78, 5) is 24.4. The van der Waals surface area contributed by atoms with Gasteiger partial charge < -0.3 is 15.6 Å². The molecular formula is C25H31Cl2NO4S.